The molecule has 4 nitrogen and oxygen atoms in total. The van der Waals surface area contributed by atoms with E-state index < -0.39 is 0 Å². The van der Waals surface area contributed by atoms with E-state index in [4.69, 9.17) is 10.7 Å². The van der Waals surface area contributed by atoms with E-state index in [0.29, 0.717) is 12.6 Å². The fourth-order valence-electron chi connectivity index (χ4n) is 2.88. The van der Waals surface area contributed by atoms with Gasteiger partial charge in [-0.15, -0.1) is 11.3 Å². The van der Waals surface area contributed by atoms with Crippen molar-refractivity contribution in [3.8, 4) is 0 Å². The van der Waals surface area contributed by atoms with Gasteiger partial charge in [0.1, 0.15) is 0 Å². The zero-order valence-electron chi connectivity index (χ0n) is 11.0. The molecule has 0 saturated carbocycles. The van der Waals surface area contributed by atoms with E-state index in [1.54, 1.807) is 11.3 Å². The first-order chi connectivity index (χ1) is 8.72. The summed E-state index contributed by atoms with van der Waals surface area (Å²) < 4.78 is 2.13. The van der Waals surface area contributed by atoms with Crippen LogP contribution in [0.3, 0.4) is 0 Å². The first-order valence-electron chi connectivity index (χ1n) is 6.63. The van der Waals surface area contributed by atoms with Crippen LogP contribution in [0.4, 0.5) is 5.82 Å². The van der Waals surface area contributed by atoms with Crippen LogP contribution in [0.5, 0.6) is 0 Å². The summed E-state index contributed by atoms with van der Waals surface area (Å²) in [6.45, 7) is 6.28. The van der Waals surface area contributed by atoms with Crippen molar-refractivity contribution in [2.24, 2.45) is 11.7 Å². The topological polar surface area (TPSA) is 46.6 Å². The normalized spacial score (nSPS) is 24.9. The highest BCUT2D eigenvalue weighted by Gasteiger charge is 2.28. The average Bonchev–Trinajstić information content (AvgIpc) is 2.92. The molecule has 0 spiro atoms. The molecule has 1 saturated heterocycles. The number of thiazole rings is 1. The summed E-state index contributed by atoms with van der Waals surface area (Å²) in [7, 11) is 0. The van der Waals surface area contributed by atoms with Crippen molar-refractivity contribution in [3.05, 3.63) is 17.3 Å². The highest BCUT2D eigenvalue weighted by Crippen LogP contribution is 2.31. The molecule has 0 aromatic carbocycles. The second kappa shape index (κ2) is 4.55. The standard InChI is InChI=1S/C13H20N4S/c1-9-4-3-5-16(10(9)2)12-11(8-14)17-6-7-18-13(17)15-12/h6-7,9-10H,3-5,8,14H2,1-2H3. The SMILES string of the molecule is CC1CCCN(c2nc3sccn3c2CN)C1C. The number of imidazole rings is 1. The number of hydrogen-bond donors (Lipinski definition) is 1. The molecule has 2 atom stereocenters. The highest BCUT2D eigenvalue weighted by molar-refractivity contribution is 7.15. The van der Waals surface area contributed by atoms with Gasteiger partial charge in [0.25, 0.3) is 0 Å². The Balaban J connectivity index is 2.04. The van der Waals surface area contributed by atoms with Gasteiger partial charge in [0.2, 0.25) is 0 Å². The Morgan fingerprint density at radius 2 is 2.33 bits per heavy atom. The molecule has 1 fully saturated rings. The quantitative estimate of drug-likeness (QED) is 0.906. The molecule has 98 valence electrons. The summed E-state index contributed by atoms with van der Waals surface area (Å²) in [5.74, 6) is 1.83. The molecule has 3 rings (SSSR count). The Morgan fingerprint density at radius 1 is 1.50 bits per heavy atom. The van der Waals surface area contributed by atoms with Crippen LogP contribution in [-0.4, -0.2) is 22.0 Å². The number of piperidine rings is 1. The lowest BCUT2D eigenvalue weighted by Gasteiger charge is -2.38. The molecule has 2 aromatic heterocycles. The predicted octanol–water partition coefficient (Wildman–Crippen LogP) is 2.48. The first-order valence-corrected chi connectivity index (χ1v) is 7.51. The Kier molecular flexibility index (Phi) is 3.03. The van der Waals surface area contributed by atoms with Crippen molar-refractivity contribution in [3.63, 3.8) is 0 Å². The molecule has 18 heavy (non-hydrogen) atoms. The van der Waals surface area contributed by atoms with Gasteiger partial charge in [-0.25, -0.2) is 4.98 Å². The monoisotopic (exact) mass is 264 g/mol. The molecule has 2 N–H and O–H groups in total. The highest BCUT2D eigenvalue weighted by atomic mass is 32.1. The van der Waals surface area contributed by atoms with Gasteiger partial charge in [0.15, 0.2) is 10.8 Å². The van der Waals surface area contributed by atoms with Crippen LogP contribution in [0, 0.1) is 5.92 Å². The van der Waals surface area contributed by atoms with E-state index >= 15 is 0 Å². The molecular formula is C13H20N4S. The van der Waals surface area contributed by atoms with Crippen molar-refractivity contribution < 1.29 is 0 Å². The smallest absolute Gasteiger partial charge is 0.195 e. The predicted molar refractivity (Wildman–Crippen MR) is 76.2 cm³/mol. The summed E-state index contributed by atoms with van der Waals surface area (Å²) in [4.78, 5) is 8.27. The van der Waals surface area contributed by atoms with Crippen LogP contribution >= 0.6 is 11.3 Å². The second-order valence-corrected chi connectivity index (χ2v) is 6.07. The van der Waals surface area contributed by atoms with E-state index in [-0.39, 0.29) is 0 Å². The van der Waals surface area contributed by atoms with Crippen LogP contribution in [-0.2, 0) is 6.54 Å². The van der Waals surface area contributed by atoms with E-state index in [2.05, 4.69) is 34.7 Å². The van der Waals surface area contributed by atoms with Crippen LogP contribution in [0.15, 0.2) is 11.6 Å². The number of nitrogens with zero attached hydrogens (tertiary/aromatic N) is 3. The van der Waals surface area contributed by atoms with Gasteiger partial charge in [-0.3, -0.25) is 4.40 Å². The molecule has 1 aliphatic rings. The lowest BCUT2D eigenvalue weighted by Crippen LogP contribution is -2.43. The summed E-state index contributed by atoms with van der Waals surface area (Å²) in [6.07, 6.45) is 4.63. The lowest BCUT2D eigenvalue weighted by molar-refractivity contribution is 0.361. The fraction of sp³-hybridized carbons (Fsp3) is 0.615. The van der Waals surface area contributed by atoms with Gasteiger partial charge in [0.05, 0.1) is 5.69 Å². The maximum absolute atomic E-state index is 5.92. The van der Waals surface area contributed by atoms with Crippen molar-refractivity contribution >= 4 is 22.1 Å². The molecule has 0 bridgehead atoms. The minimum Gasteiger partial charge on any atom is -0.352 e. The maximum atomic E-state index is 5.92. The molecule has 2 unspecified atom stereocenters. The largest absolute Gasteiger partial charge is 0.352 e. The molecule has 0 aliphatic carbocycles. The summed E-state index contributed by atoms with van der Waals surface area (Å²) >= 11 is 1.67. The molecular weight excluding hydrogens is 244 g/mol. The zero-order valence-corrected chi connectivity index (χ0v) is 11.8. The second-order valence-electron chi connectivity index (χ2n) is 5.20. The summed E-state index contributed by atoms with van der Waals surface area (Å²) in [6, 6.07) is 0.550. The van der Waals surface area contributed by atoms with Gasteiger partial charge >= 0.3 is 0 Å². The lowest BCUT2D eigenvalue weighted by atomic mass is 9.92. The van der Waals surface area contributed by atoms with Gasteiger partial charge in [-0.05, 0) is 25.7 Å². The third kappa shape index (κ3) is 1.73. The van der Waals surface area contributed by atoms with Crippen molar-refractivity contribution in [1.29, 1.82) is 0 Å². The fourth-order valence-corrected chi connectivity index (χ4v) is 3.60. The Morgan fingerprint density at radius 3 is 3.11 bits per heavy atom. The molecule has 0 amide bonds. The zero-order chi connectivity index (χ0) is 12.7. The number of aromatic nitrogens is 2. The van der Waals surface area contributed by atoms with Crippen molar-refractivity contribution in [1.82, 2.24) is 9.38 Å². The number of fused-ring (bicyclic) bond motifs is 1. The third-order valence-electron chi connectivity index (χ3n) is 4.18. The minimum absolute atomic E-state index is 0.546. The molecule has 2 aromatic rings. The Hall–Kier alpha value is -1.07. The van der Waals surface area contributed by atoms with Gasteiger partial charge in [0, 0.05) is 30.7 Å². The van der Waals surface area contributed by atoms with Crippen LogP contribution in [0.25, 0.3) is 4.96 Å². The molecule has 0 radical (unpaired) electrons. The molecule has 3 heterocycles. The third-order valence-corrected chi connectivity index (χ3v) is 4.94. The van der Waals surface area contributed by atoms with Gasteiger partial charge in [-0.1, -0.05) is 6.92 Å². The van der Waals surface area contributed by atoms with Crippen molar-refractivity contribution in [2.75, 3.05) is 11.4 Å². The van der Waals surface area contributed by atoms with E-state index in [9.17, 15) is 0 Å². The minimum atomic E-state index is 0.546. The molecule has 1 aliphatic heterocycles. The number of hydrogen-bond acceptors (Lipinski definition) is 4. The molecule has 5 heteroatoms. The van der Waals surface area contributed by atoms with Crippen LogP contribution < -0.4 is 10.6 Å². The Bertz CT molecular complexity index is 544. The van der Waals surface area contributed by atoms with Gasteiger partial charge in [-0.2, -0.15) is 0 Å². The average molecular weight is 264 g/mol. The summed E-state index contributed by atoms with van der Waals surface area (Å²) in [5, 5.41) is 2.06. The number of rotatable bonds is 2. The van der Waals surface area contributed by atoms with Crippen LogP contribution in [0.1, 0.15) is 32.4 Å². The maximum Gasteiger partial charge on any atom is 0.195 e. The number of nitrogens with two attached hydrogens (primary N) is 1. The van der Waals surface area contributed by atoms with Gasteiger partial charge < -0.3 is 10.6 Å². The van der Waals surface area contributed by atoms with Crippen molar-refractivity contribution in [2.45, 2.75) is 39.3 Å². The van der Waals surface area contributed by atoms with Crippen LogP contribution in [0.2, 0.25) is 0 Å². The Labute approximate surface area is 111 Å². The first kappa shape index (κ1) is 12.0. The summed E-state index contributed by atoms with van der Waals surface area (Å²) in [5.41, 5.74) is 7.07. The van der Waals surface area contributed by atoms with E-state index in [1.165, 1.54) is 12.8 Å². The number of anilines is 1. The van der Waals surface area contributed by atoms with E-state index in [0.717, 1.165) is 28.9 Å². The van der Waals surface area contributed by atoms with E-state index in [1.807, 2.05) is 0 Å².